The quantitative estimate of drug-likeness (QED) is 0.377. The highest BCUT2D eigenvalue weighted by Crippen LogP contribution is 2.31. The Bertz CT molecular complexity index is 1550. The highest BCUT2D eigenvalue weighted by molar-refractivity contribution is 6.03. The lowest BCUT2D eigenvalue weighted by atomic mass is 10.0. The first-order valence-electron chi connectivity index (χ1n) is 10.0. The smallest absolute Gasteiger partial charge is 0.258 e. The van der Waals surface area contributed by atoms with E-state index in [0.717, 1.165) is 22.1 Å². The number of para-hydroxylation sites is 1. The van der Waals surface area contributed by atoms with E-state index in [4.69, 9.17) is 9.68 Å². The molecule has 0 saturated carbocycles. The molecule has 0 aliphatic heterocycles. The van der Waals surface area contributed by atoms with E-state index in [2.05, 4.69) is 16.0 Å². The number of furan rings is 1. The van der Waals surface area contributed by atoms with Crippen LogP contribution < -0.4 is 5.56 Å². The Morgan fingerprint density at radius 3 is 2.62 bits per heavy atom. The van der Waals surface area contributed by atoms with Gasteiger partial charge in [-0.25, -0.2) is 0 Å². The Balaban J connectivity index is 1.60. The highest BCUT2D eigenvalue weighted by Gasteiger charge is 2.13. The van der Waals surface area contributed by atoms with E-state index in [1.165, 1.54) is 6.21 Å². The molecule has 0 atom stereocenters. The molecule has 32 heavy (non-hydrogen) atoms. The first-order valence-corrected chi connectivity index (χ1v) is 10.0. The number of aromatic amines is 1. The summed E-state index contributed by atoms with van der Waals surface area (Å²) >= 11 is 0. The second-order valence-electron chi connectivity index (χ2n) is 7.38. The molecule has 3 aromatic carbocycles. The zero-order valence-corrected chi connectivity index (χ0v) is 16.9. The van der Waals surface area contributed by atoms with Crippen molar-refractivity contribution in [2.75, 3.05) is 0 Å². The highest BCUT2D eigenvalue weighted by atomic mass is 16.3. The summed E-state index contributed by atoms with van der Waals surface area (Å²) in [6.45, 7) is 0. The maximum absolute atomic E-state index is 12.4. The third kappa shape index (κ3) is 3.53. The van der Waals surface area contributed by atoms with Gasteiger partial charge in [0, 0.05) is 27.9 Å². The molecule has 6 heteroatoms. The number of nitrogens with one attached hydrogen (secondary N) is 1. The Morgan fingerprint density at radius 2 is 1.84 bits per heavy atom. The van der Waals surface area contributed by atoms with E-state index in [1.807, 2.05) is 54.6 Å². The van der Waals surface area contributed by atoms with Gasteiger partial charge in [0.1, 0.15) is 11.3 Å². The predicted octanol–water partition coefficient (Wildman–Crippen LogP) is 5.46. The number of H-pyrrole nitrogens is 1. The minimum atomic E-state index is -0.383. The summed E-state index contributed by atoms with van der Waals surface area (Å²) in [7, 11) is 0. The van der Waals surface area contributed by atoms with Gasteiger partial charge in [-0.1, -0.05) is 36.4 Å². The predicted molar refractivity (Wildman–Crippen MR) is 124 cm³/mol. The molecular weight excluding hydrogens is 402 g/mol. The molecule has 2 heterocycles. The van der Waals surface area contributed by atoms with Crippen molar-refractivity contribution in [1.82, 2.24) is 4.98 Å². The molecule has 154 valence electrons. The van der Waals surface area contributed by atoms with E-state index in [1.54, 1.807) is 18.2 Å². The molecule has 5 rings (SSSR count). The Hall–Kier alpha value is -4.63. The van der Waals surface area contributed by atoms with Crippen molar-refractivity contribution in [3.05, 3.63) is 94.3 Å². The van der Waals surface area contributed by atoms with Crippen molar-refractivity contribution < 1.29 is 9.52 Å². The standard InChI is InChI=1S/C26H17N3O3/c27-12-11-16-5-8-19(9-6-16)28-15-22-21-13-18(7-10-20(21)25(30)29-26(22)31)24-14-17-3-1-2-4-23(17)32-24/h1-10,13-15H,11H2,(H2,29,30,31). The van der Waals surface area contributed by atoms with Crippen LogP contribution in [0, 0.1) is 11.3 Å². The summed E-state index contributed by atoms with van der Waals surface area (Å²) in [5.74, 6) is 0.415. The molecule has 0 saturated heterocycles. The number of fused-ring (bicyclic) bond motifs is 2. The molecule has 0 amide bonds. The molecule has 6 nitrogen and oxygen atoms in total. The summed E-state index contributed by atoms with van der Waals surface area (Å²) in [5, 5.41) is 21.2. The van der Waals surface area contributed by atoms with Gasteiger partial charge in [0.25, 0.3) is 5.56 Å². The van der Waals surface area contributed by atoms with Gasteiger partial charge < -0.3 is 9.52 Å². The van der Waals surface area contributed by atoms with Gasteiger partial charge in [-0.3, -0.25) is 14.8 Å². The van der Waals surface area contributed by atoms with Crippen LogP contribution in [0.5, 0.6) is 5.88 Å². The number of rotatable bonds is 4. The van der Waals surface area contributed by atoms with Crippen molar-refractivity contribution >= 4 is 33.6 Å². The molecule has 5 aromatic rings. The van der Waals surface area contributed by atoms with Gasteiger partial charge in [-0.15, -0.1) is 0 Å². The van der Waals surface area contributed by atoms with Crippen molar-refractivity contribution in [2.45, 2.75) is 6.42 Å². The lowest BCUT2D eigenvalue weighted by Gasteiger charge is -2.06. The number of aromatic nitrogens is 1. The fourth-order valence-corrected chi connectivity index (χ4v) is 3.67. The molecule has 0 fully saturated rings. The number of nitriles is 1. The third-order valence-electron chi connectivity index (χ3n) is 5.31. The van der Waals surface area contributed by atoms with E-state index in [-0.39, 0.29) is 11.4 Å². The summed E-state index contributed by atoms with van der Waals surface area (Å²) in [6.07, 6.45) is 1.86. The fraction of sp³-hybridized carbons (Fsp3) is 0.0385. The van der Waals surface area contributed by atoms with Gasteiger partial charge in [0.2, 0.25) is 5.88 Å². The van der Waals surface area contributed by atoms with Crippen LogP contribution in [-0.2, 0) is 6.42 Å². The van der Waals surface area contributed by atoms with Gasteiger partial charge in [0.15, 0.2) is 0 Å². The maximum atomic E-state index is 12.4. The van der Waals surface area contributed by atoms with Crippen LogP contribution in [0.4, 0.5) is 5.69 Å². The third-order valence-corrected chi connectivity index (χ3v) is 5.31. The van der Waals surface area contributed by atoms with Crippen LogP contribution >= 0.6 is 0 Å². The number of benzene rings is 3. The average Bonchev–Trinajstić information content (AvgIpc) is 3.24. The normalized spacial score (nSPS) is 11.3. The summed E-state index contributed by atoms with van der Waals surface area (Å²) in [5.41, 5.74) is 3.15. The lowest BCUT2D eigenvalue weighted by molar-refractivity contribution is 0.452. The van der Waals surface area contributed by atoms with Crippen LogP contribution in [-0.4, -0.2) is 16.3 Å². The van der Waals surface area contributed by atoms with Crippen molar-refractivity contribution in [2.24, 2.45) is 4.99 Å². The number of aliphatic imine (C=N–C) groups is 1. The number of nitrogens with zero attached hydrogens (tertiary/aromatic N) is 2. The molecule has 0 radical (unpaired) electrons. The fourth-order valence-electron chi connectivity index (χ4n) is 3.67. The maximum Gasteiger partial charge on any atom is 0.258 e. The van der Waals surface area contributed by atoms with Crippen LogP contribution in [0.2, 0.25) is 0 Å². The lowest BCUT2D eigenvalue weighted by Crippen LogP contribution is -2.08. The number of aromatic hydroxyl groups is 1. The number of pyridine rings is 1. The van der Waals surface area contributed by atoms with Gasteiger partial charge in [-0.2, -0.15) is 5.26 Å². The zero-order valence-electron chi connectivity index (χ0n) is 16.9. The van der Waals surface area contributed by atoms with Crippen LogP contribution in [0.25, 0.3) is 33.1 Å². The first-order chi connectivity index (χ1) is 15.6. The van der Waals surface area contributed by atoms with Crippen molar-refractivity contribution in [3.8, 4) is 23.3 Å². The minimum Gasteiger partial charge on any atom is -0.494 e. The SMILES string of the molecule is N#CCc1ccc(N=Cc2c(O)[nH]c(=O)c3ccc(-c4cc5ccccc5o4)cc23)cc1. The van der Waals surface area contributed by atoms with Crippen molar-refractivity contribution in [3.63, 3.8) is 0 Å². The van der Waals surface area contributed by atoms with Gasteiger partial charge >= 0.3 is 0 Å². The second-order valence-corrected chi connectivity index (χ2v) is 7.38. The average molecular weight is 419 g/mol. The van der Waals surface area contributed by atoms with Gasteiger partial charge in [0.05, 0.1) is 23.7 Å². The minimum absolute atomic E-state index is 0.255. The Morgan fingerprint density at radius 1 is 1.03 bits per heavy atom. The summed E-state index contributed by atoms with van der Waals surface area (Å²) in [4.78, 5) is 19.3. The summed E-state index contributed by atoms with van der Waals surface area (Å²) < 4.78 is 5.96. The molecule has 2 N–H and O–H groups in total. The Kier molecular flexibility index (Phi) is 4.77. The van der Waals surface area contributed by atoms with Gasteiger partial charge in [-0.05, 0) is 42.0 Å². The zero-order chi connectivity index (χ0) is 22.1. The molecule has 2 aromatic heterocycles. The molecule has 0 bridgehead atoms. The molecule has 0 aliphatic carbocycles. The molecule has 0 unspecified atom stereocenters. The van der Waals surface area contributed by atoms with Crippen LogP contribution in [0.3, 0.4) is 0 Å². The van der Waals surface area contributed by atoms with Crippen LogP contribution in [0.1, 0.15) is 11.1 Å². The van der Waals surface area contributed by atoms with Crippen molar-refractivity contribution in [1.29, 1.82) is 5.26 Å². The largest absolute Gasteiger partial charge is 0.494 e. The second kappa shape index (κ2) is 7.89. The topological polar surface area (TPSA) is 102 Å². The van der Waals surface area contributed by atoms with E-state index >= 15 is 0 Å². The molecule has 0 spiro atoms. The number of hydrogen-bond donors (Lipinski definition) is 2. The molecule has 0 aliphatic rings. The Labute approximate surface area is 182 Å². The first kappa shape index (κ1) is 19.3. The van der Waals surface area contributed by atoms with Crippen LogP contribution in [0.15, 0.2) is 87.0 Å². The monoisotopic (exact) mass is 419 g/mol. The van der Waals surface area contributed by atoms with E-state index in [9.17, 15) is 9.90 Å². The number of hydrogen-bond acceptors (Lipinski definition) is 5. The summed E-state index contributed by atoms with van der Waals surface area (Å²) in [6, 6.07) is 24.4. The van der Waals surface area contributed by atoms with E-state index < -0.39 is 0 Å². The molecular formula is C26H17N3O3. The van der Waals surface area contributed by atoms with E-state index in [0.29, 0.717) is 34.2 Å².